The van der Waals surface area contributed by atoms with Crippen molar-refractivity contribution in [1.29, 1.82) is 0 Å². The summed E-state index contributed by atoms with van der Waals surface area (Å²) in [6.45, 7) is 1.33. The van der Waals surface area contributed by atoms with Gasteiger partial charge in [-0.3, -0.25) is 14.4 Å². The summed E-state index contributed by atoms with van der Waals surface area (Å²) in [5.41, 5.74) is 0.877. The van der Waals surface area contributed by atoms with Crippen LogP contribution in [0, 0.1) is 0 Å². The first-order chi connectivity index (χ1) is 13.3. The maximum Gasteiger partial charge on any atom is 0.325 e. The number of amides is 2. The first-order valence-corrected chi connectivity index (χ1v) is 9.06. The third-order valence-corrected chi connectivity index (χ3v) is 4.45. The van der Waals surface area contributed by atoms with E-state index in [1.165, 1.54) is 20.1 Å². The van der Waals surface area contributed by atoms with Crippen LogP contribution in [0.4, 0.5) is 0 Å². The van der Waals surface area contributed by atoms with E-state index in [4.69, 9.17) is 9.84 Å². The molecule has 3 N–H and O–H groups in total. The van der Waals surface area contributed by atoms with Crippen molar-refractivity contribution in [2.45, 2.75) is 13.0 Å². The van der Waals surface area contributed by atoms with Crippen molar-refractivity contribution in [2.24, 2.45) is 0 Å². The second-order valence-electron chi connectivity index (χ2n) is 5.80. The molecule has 0 radical (unpaired) electrons. The van der Waals surface area contributed by atoms with Crippen LogP contribution in [0.5, 0.6) is 5.75 Å². The zero-order valence-corrected chi connectivity index (χ0v) is 16.8. The minimum Gasteiger partial charge on any atom is -0.497 e. The van der Waals surface area contributed by atoms with Gasteiger partial charge in [-0.15, -0.1) is 0 Å². The van der Waals surface area contributed by atoms with Crippen LogP contribution in [0.15, 0.2) is 58.7 Å². The van der Waals surface area contributed by atoms with E-state index in [1.54, 1.807) is 48.5 Å². The van der Waals surface area contributed by atoms with Crippen molar-refractivity contribution in [2.75, 3.05) is 7.11 Å². The van der Waals surface area contributed by atoms with Crippen molar-refractivity contribution in [3.8, 4) is 5.75 Å². The third kappa shape index (κ3) is 5.68. The average molecular weight is 447 g/mol. The molecule has 146 valence electrons. The van der Waals surface area contributed by atoms with E-state index in [0.29, 0.717) is 21.3 Å². The topological polar surface area (TPSA) is 105 Å². The molecule has 0 fully saturated rings. The number of carbonyl (C=O) groups is 3. The number of nitrogens with one attached hydrogen (secondary N) is 2. The van der Waals surface area contributed by atoms with Crippen LogP contribution in [-0.2, 0) is 9.59 Å². The largest absolute Gasteiger partial charge is 0.497 e. The van der Waals surface area contributed by atoms with Crippen molar-refractivity contribution >= 4 is 39.8 Å². The summed E-state index contributed by atoms with van der Waals surface area (Å²) < 4.78 is 5.66. The van der Waals surface area contributed by atoms with Gasteiger partial charge in [-0.05, 0) is 58.8 Å². The first-order valence-electron chi connectivity index (χ1n) is 8.27. The first kappa shape index (κ1) is 21.2. The molecule has 1 unspecified atom stereocenters. The fourth-order valence-corrected chi connectivity index (χ4v) is 2.66. The lowest BCUT2D eigenvalue weighted by molar-refractivity contribution is -0.140. The van der Waals surface area contributed by atoms with Crippen LogP contribution in [0.25, 0.3) is 6.08 Å². The van der Waals surface area contributed by atoms with Crippen LogP contribution in [0.1, 0.15) is 22.8 Å². The number of carboxylic acids is 1. The number of carboxylic acid groups (broad SMARTS) is 1. The Bertz CT molecular complexity index is 909. The molecule has 0 saturated heterocycles. The van der Waals surface area contributed by atoms with Gasteiger partial charge < -0.3 is 20.5 Å². The molecule has 8 heteroatoms. The summed E-state index contributed by atoms with van der Waals surface area (Å²) in [5.74, 6) is -1.77. The molecule has 2 aromatic rings. The zero-order chi connectivity index (χ0) is 20.7. The molecule has 0 heterocycles. The number of aliphatic carboxylic acids is 1. The number of halogens is 1. The van der Waals surface area contributed by atoms with Crippen molar-refractivity contribution in [3.63, 3.8) is 0 Å². The van der Waals surface area contributed by atoms with Crippen molar-refractivity contribution < 1.29 is 24.2 Å². The van der Waals surface area contributed by atoms with Crippen LogP contribution >= 0.6 is 15.9 Å². The lowest BCUT2D eigenvalue weighted by atomic mass is 10.1. The highest BCUT2D eigenvalue weighted by Crippen LogP contribution is 2.17. The number of hydrogen-bond acceptors (Lipinski definition) is 4. The molecule has 0 bridgehead atoms. The molecule has 0 aliphatic rings. The SMILES string of the molecule is COc1ccc(C=C(NC(=O)c2ccccc2Br)C(=O)NC(C)C(=O)O)cc1. The second kappa shape index (κ2) is 9.70. The summed E-state index contributed by atoms with van der Waals surface area (Å²) in [7, 11) is 1.54. The lowest BCUT2D eigenvalue weighted by Crippen LogP contribution is -2.42. The summed E-state index contributed by atoms with van der Waals surface area (Å²) in [6.07, 6.45) is 1.46. The molecule has 2 amide bonds. The normalized spacial score (nSPS) is 12.0. The Balaban J connectivity index is 2.33. The quantitative estimate of drug-likeness (QED) is 0.567. The van der Waals surface area contributed by atoms with E-state index in [-0.39, 0.29) is 5.70 Å². The van der Waals surface area contributed by atoms with Gasteiger partial charge in [0.1, 0.15) is 17.5 Å². The second-order valence-corrected chi connectivity index (χ2v) is 6.65. The van der Waals surface area contributed by atoms with Gasteiger partial charge in [0.25, 0.3) is 11.8 Å². The van der Waals surface area contributed by atoms with E-state index < -0.39 is 23.8 Å². The number of ether oxygens (including phenoxy) is 1. The van der Waals surface area contributed by atoms with Crippen molar-refractivity contribution in [3.05, 3.63) is 69.8 Å². The fourth-order valence-electron chi connectivity index (χ4n) is 2.20. The molecule has 2 aromatic carbocycles. The van der Waals surface area contributed by atoms with Gasteiger partial charge in [-0.1, -0.05) is 24.3 Å². The predicted octanol–water partition coefficient (Wildman–Crippen LogP) is 2.82. The minimum absolute atomic E-state index is 0.0842. The number of hydrogen-bond donors (Lipinski definition) is 3. The van der Waals surface area contributed by atoms with E-state index in [9.17, 15) is 14.4 Å². The highest BCUT2D eigenvalue weighted by Gasteiger charge is 2.20. The van der Waals surface area contributed by atoms with E-state index in [0.717, 1.165) is 0 Å². The van der Waals surface area contributed by atoms with E-state index in [1.807, 2.05) is 0 Å². The number of carbonyl (C=O) groups excluding carboxylic acids is 2. The highest BCUT2D eigenvalue weighted by atomic mass is 79.9. The number of rotatable bonds is 7. The molecule has 2 rings (SSSR count). The minimum atomic E-state index is -1.19. The molecule has 7 nitrogen and oxygen atoms in total. The maximum absolute atomic E-state index is 12.6. The van der Waals surface area contributed by atoms with Crippen LogP contribution in [0.3, 0.4) is 0 Å². The Kier molecular flexibility index (Phi) is 7.34. The Morgan fingerprint density at radius 3 is 2.32 bits per heavy atom. The van der Waals surface area contributed by atoms with Crippen LogP contribution in [-0.4, -0.2) is 36.0 Å². The average Bonchev–Trinajstić information content (AvgIpc) is 2.68. The van der Waals surface area contributed by atoms with Gasteiger partial charge in [0.2, 0.25) is 0 Å². The molecule has 0 saturated carbocycles. The molecule has 0 spiro atoms. The standard InChI is InChI=1S/C20H19BrN2O5/c1-12(20(26)27)22-19(25)17(11-13-7-9-14(28-2)10-8-13)23-18(24)15-5-3-4-6-16(15)21/h3-12H,1-2H3,(H,22,25)(H,23,24)(H,26,27). The van der Waals surface area contributed by atoms with Gasteiger partial charge in [0.05, 0.1) is 12.7 Å². The fraction of sp³-hybridized carbons (Fsp3) is 0.150. The molecule has 0 aromatic heterocycles. The summed E-state index contributed by atoms with van der Waals surface area (Å²) in [6, 6.07) is 12.5. The summed E-state index contributed by atoms with van der Waals surface area (Å²) in [5, 5.41) is 13.9. The Morgan fingerprint density at radius 1 is 1.11 bits per heavy atom. The number of methoxy groups -OCH3 is 1. The molecular weight excluding hydrogens is 428 g/mol. The van der Waals surface area contributed by atoms with Gasteiger partial charge in [0, 0.05) is 4.47 Å². The molecule has 1 atom stereocenters. The highest BCUT2D eigenvalue weighted by molar-refractivity contribution is 9.10. The predicted molar refractivity (Wildman–Crippen MR) is 108 cm³/mol. The smallest absolute Gasteiger partial charge is 0.325 e. The van der Waals surface area contributed by atoms with Crippen LogP contribution < -0.4 is 15.4 Å². The van der Waals surface area contributed by atoms with Gasteiger partial charge >= 0.3 is 5.97 Å². The Morgan fingerprint density at radius 2 is 1.75 bits per heavy atom. The number of benzene rings is 2. The zero-order valence-electron chi connectivity index (χ0n) is 15.2. The lowest BCUT2D eigenvalue weighted by Gasteiger charge is -2.14. The van der Waals surface area contributed by atoms with E-state index >= 15 is 0 Å². The molecular formula is C20H19BrN2O5. The summed E-state index contributed by atoms with van der Waals surface area (Å²) >= 11 is 3.29. The molecule has 0 aliphatic carbocycles. The Labute approximate surface area is 170 Å². The van der Waals surface area contributed by atoms with Gasteiger partial charge in [-0.2, -0.15) is 0 Å². The third-order valence-electron chi connectivity index (χ3n) is 3.76. The maximum atomic E-state index is 12.6. The van der Waals surface area contributed by atoms with Gasteiger partial charge in [-0.25, -0.2) is 0 Å². The summed E-state index contributed by atoms with van der Waals surface area (Å²) in [4.78, 5) is 36.2. The molecule has 28 heavy (non-hydrogen) atoms. The van der Waals surface area contributed by atoms with Crippen molar-refractivity contribution in [1.82, 2.24) is 10.6 Å². The van der Waals surface area contributed by atoms with E-state index in [2.05, 4.69) is 26.6 Å². The monoisotopic (exact) mass is 446 g/mol. The Hall–Kier alpha value is -3.13. The van der Waals surface area contributed by atoms with Crippen LogP contribution in [0.2, 0.25) is 0 Å². The molecule has 0 aliphatic heterocycles. The van der Waals surface area contributed by atoms with Gasteiger partial charge in [0.15, 0.2) is 0 Å².